The van der Waals surface area contributed by atoms with Gasteiger partial charge in [0.05, 0.1) is 25.7 Å². The molecule has 0 saturated heterocycles. The third-order valence-electron chi connectivity index (χ3n) is 6.83. The zero-order chi connectivity index (χ0) is 29.3. The SMILES string of the molecule is CCOP(=O)(OCC)C1(C)C(CO)CC=[N+]1[O-].c1ccc(N=c2[n-][n+](-c3ccccc3)cn2-c2ccccc2)cc1. The highest BCUT2D eigenvalue weighted by atomic mass is 31.2. The van der Waals surface area contributed by atoms with Crippen LogP contribution in [-0.2, 0) is 13.6 Å². The standard InChI is InChI=1S/C20H16N4.C10H20NO5P/c1-4-10-17(11-5-1)21-20-22-24(19-14-8-3-9-15-19)16-23(20)18-12-6-2-7-13-18;1-4-15-17(14,16-5-2)10(3)9(8-12)6-7-11(10)13/h1-16H;7,9,12H,4-6,8H2,1-3H3. The molecular weight excluding hydrogens is 541 g/mol. The van der Waals surface area contributed by atoms with Gasteiger partial charge in [-0.2, -0.15) is 19.1 Å². The lowest BCUT2D eigenvalue weighted by Crippen LogP contribution is -2.41. The van der Waals surface area contributed by atoms with E-state index in [4.69, 9.17) is 14.0 Å². The molecular formula is C30H36N5O5P. The summed E-state index contributed by atoms with van der Waals surface area (Å²) >= 11 is 0. The molecule has 1 aliphatic rings. The minimum Gasteiger partial charge on any atom is -0.623 e. The summed E-state index contributed by atoms with van der Waals surface area (Å²) in [5.41, 5.74) is 3.53. The molecule has 0 radical (unpaired) electrons. The van der Waals surface area contributed by atoms with E-state index in [-0.39, 0.29) is 19.8 Å². The Balaban J connectivity index is 0.000000202. The molecule has 4 aromatic rings. The van der Waals surface area contributed by atoms with Gasteiger partial charge in [-0.1, -0.05) is 66.7 Å². The minimum atomic E-state index is -3.59. The van der Waals surface area contributed by atoms with Crippen LogP contribution in [0.3, 0.4) is 0 Å². The van der Waals surface area contributed by atoms with Gasteiger partial charge in [0.25, 0.3) is 11.6 Å². The van der Waals surface area contributed by atoms with Gasteiger partial charge in [0, 0.05) is 13.3 Å². The van der Waals surface area contributed by atoms with Crippen LogP contribution in [0.25, 0.3) is 11.4 Å². The molecule has 2 atom stereocenters. The average Bonchev–Trinajstić information content (AvgIpc) is 3.56. The molecule has 11 heteroatoms. The fourth-order valence-corrected chi connectivity index (χ4v) is 6.78. The number of nitrogens with zero attached hydrogens (tertiary/aromatic N) is 5. The van der Waals surface area contributed by atoms with E-state index in [1.165, 1.54) is 13.1 Å². The summed E-state index contributed by atoms with van der Waals surface area (Å²) in [6.45, 7) is 5.07. The predicted molar refractivity (Wildman–Crippen MR) is 156 cm³/mol. The first kappa shape index (κ1) is 30.1. The second-order valence-corrected chi connectivity index (χ2v) is 11.8. The van der Waals surface area contributed by atoms with Gasteiger partial charge in [-0.3, -0.25) is 4.57 Å². The van der Waals surface area contributed by atoms with Crippen LogP contribution in [0, 0.1) is 11.1 Å². The first-order valence-corrected chi connectivity index (χ1v) is 15.1. The fraction of sp³-hybridized carbons (Fsp3) is 0.300. The van der Waals surface area contributed by atoms with Crippen molar-refractivity contribution in [3.05, 3.63) is 108 Å². The summed E-state index contributed by atoms with van der Waals surface area (Å²) in [6, 6.07) is 30.0. The van der Waals surface area contributed by atoms with Gasteiger partial charge in [0.1, 0.15) is 11.4 Å². The van der Waals surface area contributed by atoms with E-state index in [9.17, 15) is 14.9 Å². The number of rotatable bonds is 9. The van der Waals surface area contributed by atoms with E-state index < -0.39 is 18.8 Å². The Morgan fingerprint density at radius 2 is 1.56 bits per heavy atom. The molecule has 216 valence electrons. The maximum Gasteiger partial charge on any atom is 0.402 e. The molecule has 5 rings (SSSR count). The van der Waals surface area contributed by atoms with E-state index in [1.54, 1.807) is 13.8 Å². The molecule has 0 amide bonds. The maximum absolute atomic E-state index is 12.7. The van der Waals surface area contributed by atoms with Gasteiger partial charge in [-0.15, -0.1) is 0 Å². The minimum absolute atomic E-state index is 0.193. The summed E-state index contributed by atoms with van der Waals surface area (Å²) in [5.74, 6) is -0.441. The topological polar surface area (TPSA) is 117 Å². The lowest BCUT2D eigenvalue weighted by atomic mass is 10.0. The predicted octanol–water partition coefficient (Wildman–Crippen LogP) is 4.51. The van der Waals surface area contributed by atoms with Crippen molar-refractivity contribution >= 4 is 19.5 Å². The van der Waals surface area contributed by atoms with E-state index >= 15 is 0 Å². The van der Waals surface area contributed by atoms with Crippen molar-refractivity contribution in [3.63, 3.8) is 0 Å². The highest BCUT2D eigenvalue weighted by Gasteiger charge is 2.62. The number of hydrogen-bond donors (Lipinski definition) is 1. The molecule has 0 saturated carbocycles. The van der Waals surface area contributed by atoms with E-state index in [0.29, 0.717) is 16.8 Å². The van der Waals surface area contributed by atoms with Gasteiger partial charge in [-0.05, 0) is 43.8 Å². The van der Waals surface area contributed by atoms with Crippen molar-refractivity contribution in [1.82, 2.24) is 9.67 Å². The molecule has 41 heavy (non-hydrogen) atoms. The number of para-hydroxylation sites is 3. The van der Waals surface area contributed by atoms with Gasteiger partial charge in [0.2, 0.25) is 5.62 Å². The Morgan fingerprint density at radius 3 is 2.12 bits per heavy atom. The molecule has 0 fully saturated rings. The van der Waals surface area contributed by atoms with Crippen LogP contribution in [0.5, 0.6) is 0 Å². The Morgan fingerprint density at radius 1 is 1.00 bits per heavy atom. The summed E-state index contributed by atoms with van der Waals surface area (Å²) in [5, 5.41) is 24.5. The number of aliphatic hydroxyl groups is 1. The Bertz CT molecular complexity index is 1530. The van der Waals surface area contributed by atoms with Crippen molar-refractivity contribution in [2.45, 2.75) is 32.5 Å². The number of aliphatic hydroxyl groups excluding tert-OH is 1. The smallest absolute Gasteiger partial charge is 0.402 e. The normalized spacial score (nSPS) is 19.0. The van der Waals surface area contributed by atoms with Crippen molar-refractivity contribution in [2.75, 3.05) is 19.8 Å². The molecule has 1 N–H and O–H groups in total. The van der Waals surface area contributed by atoms with Gasteiger partial charge < -0.3 is 24.4 Å². The maximum atomic E-state index is 12.7. The average molecular weight is 578 g/mol. The largest absolute Gasteiger partial charge is 0.623 e. The van der Waals surface area contributed by atoms with Crippen LogP contribution >= 0.6 is 7.60 Å². The monoisotopic (exact) mass is 577 g/mol. The van der Waals surface area contributed by atoms with E-state index in [0.717, 1.165) is 17.1 Å². The fourth-order valence-electron chi connectivity index (χ4n) is 4.54. The van der Waals surface area contributed by atoms with Gasteiger partial charge in [-0.25, -0.2) is 0 Å². The Hall–Kier alpha value is -3.82. The summed E-state index contributed by atoms with van der Waals surface area (Å²) < 4.78 is 27.6. The highest BCUT2D eigenvalue weighted by Crippen LogP contribution is 2.64. The summed E-state index contributed by atoms with van der Waals surface area (Å²) in [7, 11) is -3.59. The van der Waals surface area contributed by atoms with Crippen LogP contribution in [0.2, 0.25) is 0 Å². The van der Waals surface area contributed by atoms with Crippen molar-refractivity contribution in [1.29, 1.82) is 0 Å². The number of benzene rings is 3. The van der Waals surface area contributed by atoms with Gasteiger partial charge in [0.15, 0.2) is 6.21 Å². The first-order valence-electron chi connectivity index (χ1n) is 13.5. The highest BCUT2D eigenvalue weighted by molar-refractivity contribution is 7.55. The van der Waals surface area contributed by atoms with E-state index in [1.807, 2.05) is 107 Å². The Kier molecular flexibility index (Phi) is 10.1. The molecule has 2 unspecified atom stereocenters. The van der Waals surface area contributed by atoms with Crippen LogP contribution in [0.1, 0.15) is 27.2 Å². The molecule has 1 aliphatic heterocycles. The third kappa shape index (κ3) is 6.57. The zero-order valence-electron chi connectivity index (χ0n) is 23.5. The quantitative estimate of drug-likeness (QED) is 0.178. The Labute approximate surface area is 240 Å². The second-order valence-electron chi connectivity index (χ2n) is 9.40. The number of hydroxylamine groups is 1. The molecule has 10 nitrogen and oxygen atoms in total. The zero-order valence-corrected chi connectivity index (χ0v) is 24.4. The van der Waals surface area contributed by atoms with Crippen LogP contribution in [0.15, 0.2) is 102 Å². The molecule has 2 heterocycles. The lowest BCUT2D eigenvalue weighted by Gasteiger charge is -2.34. The van der Waals surface area contributed by atoms with Crippen LogP contribution in [0.4, 0.5) is 5.69 Å². The molecule has 1 aromatic heterocycles. The van der Waals surface area contributed by atoms with Crippen molar-refractivity contribution < 1.29 is 28.1 Å². The van der Waals surface area contributed by atoms with Crippen molar-refractivity contribution in [3.8, 4) is 11.4 Å². The van der Waals surface area contributed by atoms with Crippen LogP contribution in [-0.4, -0.2) is 45.7 Å². The van der Waals surface area contributed by atoms with Crippen LogP contribution < -0.4 is 15.4 Å². The second kappa shape index (κ2) is 13.7. The van der Waals surface area contributed by atoms with Gasteiger partial charge >= 0.3 is 7.60 Å². The molecule has 0 aliphatic carbocycles. The molecule has 0 bridgehead atoms. The summed E-state index contributed by atoms with van der Waals surface area (Å²) in [6.07, 6.45) is 3.71. The molecule has 3 aromatic carbocycles. The van der Waals surface area contributed by atoms with Crippen molar-refractivity contribution in [2.24, 2.45) is 10.9 Å². The summed E-state index contributed by atoms with van der Waals surface area (Å²) in [4.78, 5) is 4.69. The molecule has 0 spiro atoms. The number of hydrogen-bond acceptors (Lipinski definition) is 6. The lowest BCUT2D eigenvalue weighted by molar-refractivity contribution is -0.663. The van der Waals surface area contributed by atoms with E-state index in [2.05, 4.69) is 5.10 Å². The first-order chi connectivity index (χ1) is 19.9. The number of aromatic nitrogens is 3. The third-order valence-corrected chi connectivity index (χ3v) is 9.69.